The number of nitrogens with zero attached hydrogens (tertiary/aromatic N) is 2. The van der Waals surface area contributed by atoms with Crippen molar-refractivity contribution in [3.8, 4) is 0 Å². The summed E-state index contributed by atoms with van der Waals surface area (Å²) in [5.41, 5.74) is 9.49. The van der Waals surface area contributed by atoms with E-state index >= 15 is 0 Å². The molecule has 1 fully saturated rings. The molecule has 2 rings (SSSR count). The molecule has 1 aromatic rings. The lowest BCUT2D eigenvalue weighted by Crippen LogP contribution is -2.49. The van der Waals surface area contributed by atoms with Gasteiger partial charge in [-0.05, 0) is 51.5 Å². The second-order valence-corrected chi connectivity index (χ2v) is 6.36. The van der Waals surface area contributed by atoms with E-state index in [0.29, 0.717) is 13.2 Å². The molecule has 1 amide bonds. The van der Waals surface area contributed by atoms with Crippen molar-refractivity contribution in [2.45, 2.75) is 52.1 Å². The average molecular weight is 345 g/mol. The summed E-state index contributed by atoms with van der Waals surface area (Å²) in [7, 11) is 1.94. The van der Waals surface area contributed by atoms with Gasteiger partial charge in [0.05, 0.1) is 11.7 Å². The van der Waals surface area contributed by atoms with Crippen molar-refractivity contribution in [2.75, 3.05) is 13.2 Å². The Morgan fingerprint density at radius 1 is 1.43 bits per heavy atom. The maximum Gasteiger partial charge on any atom is 0.237 e. The monoisotopic (exact) mass is 344 g/mol. The van der Waals surface area contributed by atoms with Crippen molar-refractivity contribution in [1.82, 2.24) is 15.1 Å². The highest BCUT2D eigenvalue weighted by Crippen LogP contribution is 2.18. The molecule has 1 aliphatic heterocycles. The molecule has 0 spiro atoms. The van der Waals surface area contributed by atoms with Gasteiger partial charge in [-0.1, -0.05) is 0 Å². The van der Waals surface area contributed by atoms with Crippen LogP contribution in [0.3, 0.4) is 0 Å². The molecule has 132 valence electrons. The normalized spacial score (nSPS) is 18.1. The SMILES string of the molecule is Cc1nn(C)c(C)c1CC(C)NC(=O)C(N)C1CCOCC1.Cl. The van der Waals surface area contributed by atoms with Crippen molar-refractivity contribution in [3.05, 3.63) is 17.0 Å². The van der Waals surface area contributed by atoms with Gasteiger partial charge in [-0.3, -0.25) is 9.48 Å². The summed E-state index contributed by atoms with van der Waals surface area (Å²) < 4.78 is 7.20. The molecule has 0 bridgehead atoms. The fourth-order valence-corrected chi connectivity index (χ4v) is 3.10. The number of carbonyl (C=O) groups is 1. The van der Waals surface area contributed by atoms with Gasteiger partial charge in [0.2, 0.25) is 5.91 Å². The number of nitrogens with two attached hydrogens (primary N) is 1. The highest BCUT2D eigenvalue weighted by Gasteiger charge is 2.27. The Bertz CT molecular complexity index is 526. The van der Waals surface area contributed by atoms with Crippen LogP contribution in [0.4, 0.5) is 0 Å². The third kappa shape index (κ3) is 4.93. The summed E-state index contributed by atoms with van der Waals surface area (Å²) in [6.45, 7) is 7.48. The predicted octanol–water partition coefficient (Wildman–Crippen LogP) is 1.26. The lowest BCUT2D eigenvalue weighted by molar-refractivity contribution is -0.124. The molecule has 1 aromatic heterocycles. The number of aryl methyl sites for hydroxylation is 2. The summed E-state index contributed by atoms with van der Waals surface area (Å²) in [6, 6.07) is -0.401. The fourth-order valence-electron chi connectivity index (χ4n) is 3.10. The van der Waals surface area contributed by atoms with E-state index in [4.69, 9.17) is 10.5 Å². The molecule has 0 saturated carbocycles. The van der Waals surface area contributed by atoms with E-state index < -0.39 is 6.04 Å². The Kier molecular flexibility index (Phi) is 7.51. The van der Waals surface area contributed by atoms with Gasteiger partial charge >= 0.3 is 0 Å². The predicted molar refractivity (Wildman–Crippen MR) is 92.8 cm³/mol. The molecular weight excluding hydrogens is 316 g/mol. The molecule has 2 unspecified atom stereocenters. The number of halogens is 1. The van der Waals surface area contributed by atoms with Crippen LogP contribution < -0.4 is 11.1 Å². The molecule has 1 saturated heterocycles. The van der Waals surface area contributed by atoms with Crippen molar-refractivity contribution >= 4 is 18.3 Å². The van der Waals surface area contributed by atoms with Gasteiger partial charge in [0, 0.05) is 32.0 Å². The second-order valence-electron chi connectivity index (χ2n) is 6.36. The fraction of sp³-hybridized carbons (Fsp3) is 0.750. The number of aromatic nitrogens is 2. The van der Waals surface area contributed by atoms with Crippen LogP contribution in [-0.2, 0) is 23.0 Å². The molecule has 23 heavy (non-hydrogen) atoms. The van der Waals surface area contributed by atoms with Crippen LogP contribution in [0, 0.1) is 19.8 Å². The minimum atomic E-state index is -0.442. The summed E-state index contributed by atoms with van der Waals surface area (Å²) in [4.78, 5) is 12.3. The van der Waals surface area contributed by atoms with Crippen LogP contribution >= 0.6 is 12.4 Å². The highest BCUT2D eigenvalue weighted by atomic mass is 35.5. The van der Waals surface area contributed by atoms with Crippen LogP contribution in [0.5, 0.6) is 0 Å². The molecule has 0 radical (unpaired) electrons. The van der Waals surface area contributed by atoms with E-state index in [1.807, 2.05) is 25.6 Å². The van der Waals surface area contributed by atoms with Gasteiger partial charge in [-0.25, -0.2) is 0 Å². The molecule has 2 atom stereocenters. The van der Waals surface area contributed by atoms with Gasteiger partial charge in [0.1, 0.15) is 0 Å². The number of nitrogens with one attached hydrogen (secondary N) is 1. The molecule has 1 aliphatic rings. The van der Waals surface area contributed by atoms with E-state index in [1.165, 1.54) is 5.56 Å². The number of hydrogen-bond donors (Lipinski definition) is 2. The Balaban J connectivity index is 0.00000264. The van der Waals surface area contributed by atoms with E-state index in [1.54, 1.807) is 0 Å². The van der Waals surface area contributed by atoms with Crippen molar-refractivity contribution in [1.29, 1.82) is 0 Å². The number of carbonyl (C=O) groups excluding carboxylic acids is 1. The second kappa shape index (κ2) is 8.66. The minimum Gasteiger partial charge on any atom is -0.381 e. The lowest BCUT2D eigenvalue weighted by atomic mass is 9.91. The maximum atomic E-state index is 12.3. The Morgan fingerprint density at radius 2 is 2.04 bits per heavy atom. The van der Waals surface area contributed by atoms with Crippen LogP contribution in [0.15, 0.2) is 0 Å². The zero-order valence-electron chi connectivity index (χ0n) is 14.5. The van der Waals surface area contributed by atoms with Crippen LogP contribution in [-0.4, -0.2) is 41.0 Å². The van der Waals surface area contributed by atoms with Gasteiger partial charge in [0.15, 0.2) is 0 Å². The molecule has 6 nitrogen and oxygen atoms in total. The molecule has 0 aromatic carbocycles. The first-order valence-electron chi connectivity index (χ1n) is 8.03. The summed E-state index contributed by atoms with van der Waals surface area (Å²) in [5.74, 6) is 0.168. The number of amides is 1. The Hall–Kier alpha value is -1.11. The highest BCUT2D eigenvalue weighted by molar-refractivity contribution is 5.85. The molecule has 2 heterocycles. The standard InChI is InChI=1S/C16H28N4O2.ClH/c1-10(9-14-11(2)19-20(4)12(14)3)18-16(21)15(17)13-5-7-22-8-6-13;/h10,13,15H,5-9,17H2,1-4H3,(H,18,21);1H. The summed E-state index contributed by atoms with van der Waals surface area (Å²) in [6.07, 6.45) is 2.51. The smallest absolute Gasteiger partial charge is 0.237 e. The van der Waals surface area contributed by atoms with Crippen LogP contribution in [0.25, 0.3) is 0 Å². The van der Waals surface area contributed by atoms with E-state index in [9.17, 15) is 4.79 Å². The molecule has 7 heteroatoms. The minimum absolute atomic E-state index is 0. The van der Waals surface area contributed by atoms with E-state index in [0.717, 1.165) is 30.7 Å². The van der Waals surface area contributed by atoms with Crippen LogP contribution in [0.2, 0.25) is 0 Å². The third-order valence-corrected chi connectivity index (χ3v) is 4.63. The quantitative estimate of drug-likeness (QED) is 0.842. The Morgan fingerprint density at radius 3 is 2.57 bits per heavy atom. The van der Waals surface area contributed by atoms with Gasteiger partial charge in [-0.2, -0.15) is 5.10 Å². The van der Waals surface area contributed by atoms with Crippen molar-refractivity contribution < 1.29 is 9.53 Å². The lowest BCUT2D eigenvalue weighted by Gasteiger charge is -2.27. The first-order valence-corrected chi connectivity index (χ1v) is 8.03. The number of rotatable bonds is 5. The first-order chi connectivity index (χ1) is 10.4. The molecule has 0 aliphatic carbocycles. The maximum absolute atomic E-state index is 12.3. The largest absolute Gasteiger partial charge is 0.381 e. The summed E-state index contributed by atoms with van der Waals surface area (Å²) >= 11 is 0. The molecular formula is C16H29ClN4O2. The van der Waals surface area contributed by atoms with E-state index in [2.05, 4.69) is 17.3 Å². The van der Waals surface area contributed by atoms with Crippen molar-refractivity contribution in [2.24, 2.45) is 18.7 Å². The zero-order valence-corrected chi connectivity index (χ0v) is 15.3. The van der Waals surface area contributed by atoms with Gasteiger partial charge in [0.25, 0.3) is 0 Å². The zero-order chi connectivity index (χ0) is 16.3. The van der Waals surface area contributed by atoms with Gasteiger partial charge in [-0.15, -0.1) is 12.4 Å². The average Bonchev–Trinajstić information content (AvgIpc) is 2.73. The topological polar surface area (TPSA) is 82.2 Å². The van der Waals surface area contributed by atoms with Crippen molar-refractivity contribution in [3.63, 3.8) is 0 Å². The van der Waals surface area contributed by atoms with Gasteiger partial charge < -0.3 is 15.8 Å². The number of hydrogen-bond acceptors (Lipinski definition) is 4. The molecule has 3 N–H and O–H groups in total. The van der Waals surface area contributed by atoms with Crippen LogP contribution in [0.1, 0.15) is 36.7 Å². The number of ether oxygens (including phenoxy) is 1. The summed E-state index contributed by atoms with van der Waals surface area (Å²) in [5, 5.41) is 7.46. The Labute approximate surface area is 144 Å². The third-order valence-electron chi connectivity index (χ3n) is 4.63. The van der Waals surface area contributed by atoms with E-state index in [-0.39, 0.29) is 30.3 Å². The first kappa shape index (κ1) is 19.9.